The molecule has 1 fully saturated rings. The van der Waals surface area contributed by atoms with Gasteiger partial charge in [-0.15, -0.1) is 0 Å². The van der Waals surface area contributed by atoms with Gasteiger partial charge in [0.25, 0.3) is 5.91 Å². The molecule has 1 aliphatic heterocycles. The van der Waals surface area contributed by atoms with Crippen molar-refractivity contribution in [3.05, 3.63) is 18.3 Å². The molecule has 7 heteroatoms. The number of carbonyl (C=O) groups excluding carboxylic acids is 2. The van der Waals surface area contributed by atoms with Crippen LogP contribution in [0.5, 0.6) is 5.88 Å². The molecule has 1 atom stereocenters. The molecule has 0 aromatic carbocycles. The topological polar surface area (TPSA) is 83.6 Å². The summed E-state index contributed by atoms with van der Waals surface area (Å²) in [6.45, 7) is 6.14. The molecule has 0 radical (unpaired) electrons. The summed E-state index contributed by atoms with van der Waals surface area (Å²) < 4.78 is 5.43. The van der Waals surface area contributed by atoms with Crippen molar-refractivity contribution in [2.75, 3.05) is 31.6 Å². The summed E-state index contributed by atoms with van der Waals surface area (Å²) in [6, 6.07) is 3.04. The second-order valence-corrected chi connectivity index (χ2v) is 5.75. The number of pyridine rings is 1. The number of rotatable bonds is 5. The Morgan fingerprint density at radius 3 is 2.91 bits per heavy atom. The van der Waals surface area contributed by atoms with Gasteiger partial charge in [-0.05, 0) is 31.7 Å². The lowest BCUT2D eigenvalue weighted by molar-refractivity contribution is -0.135. The van der Waals surface area contributed by atoms with Gasteiger partial charge in [0.15, 0.2) is 6.61 Å². The summed E-state index contributed by atoms with van der Waals surface area (Å²) in [7, 11) is 0. The summed E-state index contributed by atoms with van der Waals surface area (Å²) >= 11 is 0. The van der Waals surface area contributed by atoms with Crippen LogP contribution in [0.2, 0.25) is 0 Å². The number of urea groups is 1. The zero-order valence-electron chi connectivity index (χ0n) is 13.7. The molecule has 3 amide bonds. The molecule has 0 bridgehead atoms. The van der Waals surface area contributed by atoms with Crippen LogP contribution in [0.3, 0.4) is 0 Å². The number of anilines is 1. The molecular formula is C16H24N4O3. The van der Waals surface area contributed by atoms with Crippen LogP contribution in [0, 0.1) is 5.92 Å². The van der Waals surface area contributed by atoms with Crippen molar-refractivity contribution in [1.82, 2.24) is 15.2 Å². The van der Waals surface area contributed by atoms with E-state index in [0.717, 1.165) is 19.5 Å². The third-order valence-corrected chi connectivity index (χ3v) is 3.68. The molecule has 0 spiro atoms. The van der Waals surface area contributed by atoms with Gasteiger partial charge < -0.3 is 20.3 Å². The summed E-state index contributed by atoms with van der Waals surface area (Å²) in [4.78, 5) is 29.4. The highest BCUT2D eigenvalue weighted by molar-refractivity contribution is 5.88. The number of likely N-dealkylation sites (tertiary alicyclic amines) is 1. The zero-order valence-corrected chi connectivity index (χ0v) is 13.7. The van der Waals surface area contributed by atoms with E-state index in [1.54, 1.807) is 12.1 Å². The van der Waals surface area contributed by atoms with Crippen LogP contribution in [0.15, 0.2) is 18.3 Å². The van der Waals surface area contributed by atoms with E-state index in [1.165, 1.54) is 12.6 Å². The number of aromatic nitrogens is 1. The van der Waals surface area contributed by atoms with Crippen molar-refractivity contribution < 1.29 is 14.3 Å². The highest BCUT2D eigenvalue weighted by Gasteiger charge is 2.21. The Hall–Kier alpha value is -2.31. The molecule has 1 aliphatic rings. The summed E-state index contributed by atoms with van der Waals surface area (Å²) in [5.41, 5.74) is 0.569. The third-order valence-electron chi connectivity index (χ3n) is 3.68. The van der Waals surface area contributed by atoms with E-state index in [9.17, 15) is 9.59 Å². The Bertz CT molecular complexity index is 533. The molecule has 1 saturated heterocycles. The van der Waals surface area contributed by atoms with Gasteiger partial charge in [0, 0.05) is 25.7 Å². The maximum atomic E-state index is 12.1. The zero-order chi connectivity index (χ0) is 16.7. The van der Waals surface area contributed by atoms with E-state index in [0.29, 0.717) is 24.0 Å². The van der Waals surface area contributed by atoms with Gasteiger partial charge in [0.1, 0.15) is 0 Å². The first-order chi connectivity index (χ1) is 11.1. The molecule has 23 heavy (non-hydrogen) atoms. The number of hydrogen-bond donors (Lipinski definition) is 2. The van der Waals surface area contributed by atoms with Crippen molar-refractivity contribution in [2.45, 2.75) is 26.7 Å². The second kappa shape index (κ2) is 8.36. The minimum Gasteiger partial charge on any atom is -0.468 e. The van der Waals surface area contributed by atoms with Crippen molar-refractivity contribution in [1.29, 1.82) is 0 Å². The van der Waals surface area contributed by atoms with E-state index < -0.39 is 0 Å². The minimum atomic E-state index is -0.280. The van der Waals surface area contributed by atoms with Crippen LogP contribution in [0.4, 0.5) is 10.5 Å². The Kier molecular flexibility index (Phi) is 6.19. The van der Waals surface area contributed by atoms with Gasteiger partial charge in [0.2, 0.25) is 5.88 Å². The van der Waals surface area contributed by atoms with Gasteiger partial charge in [-0.2, -0.15) is 0 Å². The lowest BCUT2D eigenvalue weighted by atomic mass is 10.0. The number of piperidine rings is 1. The van der Waals surface area contributed by atoms with Crippen LogP contribution in [0.1, 0.15) is 26.7 Å². The van der Waals surface area contributed by atoms with Crippen molar-refractivity contribution in [2.24, 2.45) is 5.92 Å². The molecular weight excluding hydrogens is 296 g/mol. The first-order valence-electron chi connectivity index (χ1n) is 8.00. The summed E-state index contributed by atoms with van der Waals surface area (Å²) in [6.07, 6.45) is 3.72. The van der Waals surface area contributed by atoms with Gasteiger partial charge in [0.05, 0.1) is 11.9 Å². The predicted molar refractivity (Wildman–Crippen MR) is 87.4 cm³/mol. The number of nitrogens with zero attached hydrogens (tertiary/aromatic N) is 2. The van der Waals surface area contributed by atoms with E-state index in [1.807, 2.05) is 11.8 Å². The number of amides is 3. The predicted octanol–water partition coefficient (Wildman–Crippen LogP) is 1.86. The molecule has 0 aliphatic carbocycles. The Balaban J connectivity index is 1.79. The number of ether oxygens (including phenoxy) is 1. The van der Waals surface area contributed by atoms with Crippen molar-refractivity contribution >= 4 is 17.6 Å². The van der Waals surface area contributed by atoms with E-state index in [4.69, 9.17) is 4.74 Å². The average molecular weight is 320 g/mol. The Morgan fingerprint density at radius 2 is 2.26 bits per heavy atom. The molecule has 2 heterocycles. The average Bonchev–Trinajstić information content (AvgIpc) is 2.54. The molecule has 2 rings (SSSR count). The molecule has 2 N–H and O–H groups in total. The van der Waals surface area contributed by atoms with Gasteiger partial charge in [-0.25, -0.2) is 9.78 Å². The standard InChI is InChI=1S/C16H24N4O3/c1-3-17-16(22)19-13-6-7-14(18-9-13)23-11-15(21)20-8-4-5-12(2)10-20/h6-7,9,12H,3-5,8,10-11H2,1-2H3,(H2,17,19,22)/t12-/m0/s1. The summed E-state index contributed by atoms with van der Waals surface area (Å²) in [5, 5.41) is 5.28. The van der Waals surface area contributed by atoms with Crippen molar-refractivity contribution in [3.63, 3.8) is 0 Å². The third kappa shape index (κ3) is 5.43. The highest BCUT2D eigenvalue weighted by atomic mass is 16.5. The normalized spacial score (nSPS) is 17.5. The second-order valence-electron chi connectivity index (χ2n) is 5.75. The SMILES string of the molecule is CCNC(=O)Nc1ccc(OCC(=O)N2CCC[C@H](C)C2)nc1. The van der Waals surface area contributed by atoms with Gasteiger partial charge in [-0.3, -0.25) is 4.79 Å². The molecule has 7 nitrogen and oxygen atoms in total. The Morgan fingerprint density at radius 1 is 1.43 bits per heavy atom. The van der Waals surface area contributed by atoms with Crippen LogP contribution < -0.4 is 15.4 Å². The first kappa shape index (κ1) is 17.1. The van der Waals surface area contributed by atoms with Crippen LogP contribution in [0.25, 0.3) is 0 Å². The lowest BCUT2D eigenvalue weighted by Crippen LogP contribution is -2.41. The number of nitrogens with one attached hydrogen (secondary N) is 2. The maximum absolute atomic E-state index is 12.1. The lowest BCUT2D eigenvalue weighted by Gasteiger charge is -2.30. The molecule has 1 aromatic rings. The molecule has 126 valence electrons. The fourth-order valence-corrected chi connectivity index (χ4v) is 2.52. The Labute approximate surface area is 136 Å². The van der Waals surface area contributed by atoms with Gasteiger partial charge in [-0.1, -0.05) is 6.92 Å². The fourth-order valence-electron chi connectivity index (χ4n) is 2.52. The van der Waals surface area contributed by atoms with Crippen molar-refractivity contribution in [3.8, 4) is 5.88 Å². The van der Waals surface area contributed by atoms with Crippen LogP contribution in [-0.4, -0.2) is 48.1 Å². The molecule has 1 aromatic heterocycles. The van der Waals surface area contributed by atoms with Crippen LogP contribution in [-0.2, 0) is 4.79 Å². The molecule has 0 saturated carbocycles. The fraction of sp³-hybridized carbons (Fsp3) is 0.562. The quantitative estimate of drug-likeness (QED) is 0.867. The van der Waals surface area contributed by atoms with E-state index in [-0.39, 0.29) is 18.5 Å². The van der Waals surface area contributed by atoms with Crippen LogP contribution >= 0.6 is 0 Å². The number of hydrogen-bond acceptors (Lipinski definition) is 4. The van der Waals surface area contributed by atoms with E-state index in [2.05, 4.69) is 22.5 Å². The largest absolute Gasteiger partial charge is 0.468 e. The maximum Gasteiger partial charge on any atom is 0.319 e. The summed E-state index contributed by atoms with van der Waals surface area (Å²) in [5.74, 6) is 0.901. The molecule has 0 unspecified atom stereocenters. The number of carbonyl (C=O) groups is 2. The monoisotopic (exact) mass is 320 g/mol. The minimum absolute atomic E-state index is 0.0111. The first-order valence-corrected chi connectivity index (χ1v) is 8.00. The van der Waals surface area contributed by atoms with Gasteiger partial charge >= 0.3 is 6.03 Å². The highest BCUT2D eigenvalue weighted by Crippen LogP contribution is 2.16. The van der Waals surface area contributed by atoms with E-state index >= 15 is 0 Å². The smallest absolute Gasteiger partial charge is 0.319 e.